The average Bonchev–Trinajstić information content (AvgIpc) is 3.24. The molecule has 2 aromatic carbocycles. The largest absolute Gasteiger partial charge is 0.496 e. The van der Waals surface area contributed by atoms with E-state index in [1.165, 1.54) is 13.2 Å². The average molecular weight is 441 g/mol. The van der Waals surface area contributed by atoms with Gasteiger partial charge in [-0.2, -0.15) is 0 Å². The number of nitrogens with one attached hydrogen (secondary N) is 1. The van der Waals surface area contributed by atoms with Gasteiger partial charge in [-0.3, -0.25) is 9.78 Å². The van der Waals surface area contributed by atoms with Crippen molar-refractivity contribution >= 4 is 26.8 Å². The van der Waals surface area contributed by atoms with Crippen LogP contribution in [0.5, 0.6) is 5.75 Å². The molecule has 31 heavy (non-hydrogen) atoms. The van der Waals surface area contributed by atoms with Crippen LogP contribution in [0, 0.1) is 13.8 Å². The molecule has 0 saturated carbocycles. The van der Waals surface area contributed by atoms with E-state index in [1.807, 2.05) is 19.9 Å². The van der Waals surface area contributed by atoms with Crippen LogP contribution in [-0.2, 0) is 25.2 Å². The quantitative estimate of drug-likeness (QED) is 0.654. The minimum atomic E-state index is -4.17. The van der Waals surface area contributed by atoms with E-state index in [-0.39, 0.29) is 4.90 Å². The topological polar surface area (TPSA) is 94.6 Å². The van der Waals surface area contributed by atoms with Crippen molar-refractivity contribution in [3.8, 4) is 5.75 Å². The summed E-state index contributed by atoms with van der Waals surface area (Å²) >= 11 is 0. The van der Waals surface area contributed by atoms with E-state index in [0.717, 1.165) is 11.3 Å². The maximum absolute atomic E-state index is 13.4. The molecule has 2 heterocycles. The number of carbonyl (C=O) groups excluding carboxylic acids is 1. The van der Waals surface area contributed by atoms with E-state index in [0.29, 0.717) is 41.7 Å². The first-order valence-corrected chi connectivity index (χ1v) is 11.5. The van der Waals surface area contributed by atoms with Crippen LogP contribution >= 0.6 is 0 Å². The standard InChI is InChI=1S/C23H24N2O5S/c1-15-8-11-20(29-3)18(14-15)23(12-5-13-30-23)22(26)25-31(27,28)21-7-4-6-19-17(21)10-9-16(2)24-19/h4,6-11,14H,5,12-13H2,1-3H3,(H,25,26)/t23-/m1/s1. The molecule has 1 amide bonds. The number of amides is 1. The van der Waals surface area contributed by atoms with Crippen LogP contribution in [-0.4, -0.2) is 33.0 Å². The molecule has 1 aliphatic heterocycles. The summed E-state index contributed by atoms with van der Waals surface area (Å²) in [5.41, 5.74) is 1.31. The minimum Gasteiger partial charge on any atom is -0.496 e. The molecule has 0 radical (unpaired) electrons. The van der Waals surface area contributed by atoms with Gasteiger partial charge in [0.1, 0.15) is 5.75 Å². The zero-order valence-electron chi connectivity index (χ0n) is 17.6. The molecule has 4 rings (SSSR count). The summed E-state index contributed by atoms with van der Waals surface area (Å²) in [7, 11) is -2.66. The summed E-state index contributed by atoms with van der Waals surface area (Å²) in [6.45, 7) is 4.08. The molecule has 162 valence electrons. The molecule has 8 heteroatoms. The fourth-order valence-corrected chi connectivity index (χ4v) is 5.25. The number of carbonyl (C=O) groups is 1. The predicted octanol–water partition coefficient (Wildman–Crippen LogP) is 3.37. The van der Waals surface area contributed by atoms with Crippen molar-refractivity contribution in [2.24, 2.45) is 0 Å². The Bertz CT molecular complexity index is 1260. The Morgan fingerprint density at radius 3 is 2.68 bits per heavy atom. The first-order valence-electron chi connectivity index (χ1n) is 9.99. The van der Waals surface area contributed by atoms with E-state index in [9.17, 15) is 13.2 Å². The van der Waals surface area contributed by atoms with Crippen LogP contribution < -0.4 is 9.46 Å². The summed E-state index contributed by atoms with van der Waals surface area (Å²) in [6.07, 6.45) is 0.979. The Morgan fingerprint density at radius 1 is 1.16 bits per heavy atom. The number of benzene rings is 2. The van der Waals surface area contributed by atoms with Gasteiger partial charge in [0.05, 0.1) is 17.5 Å². The van der Waals surface area contributed by atoms with E-state index in [4.69, 9.17) is 9.47 Å². The van der Waals surface area contributed by atoms with Crippen LogP contribution in [0.1, 0.15) is 29.7 Å². The maximum Gasteiger partial charge on any atom is 0.270 e. The first kappa shape index (κ1) is 21.3. The Balaban J connectivity index is 1.77. The second-order valence-electron chi connectivity index (χ2n) is 7.69. The number of fused-ring (bicyclic) bond motifs is 1. The van der Waals surface area contributed by atoms with E-state index in [2.05, 4.69) is 9.71 Å². The lowest BCUT2D eigenvalue weighted by molar-refractivity contribution is -0.140. The van der Waals surface area contributed by atoms with Gasteiger partial charge < -0.3 is 9.47 Å². The highest BCUT2D eigenvalue weighted by Gasteiger charge is 2.48. The molecular formula is C23H24N2O5S. The summed E-state index contributed by atoms with van der Waals surface area (Å²) in [5, 5.41) is 0.447. The number of aryl methyl sites for hydroxylation is 2. The zero-order valence-corrected chi connectivity index (χ0v) is 18.5. The van der Waals surface area contributed by atoms with Crippen molar-refractivity contribution in [1.82, 2.24) is 9.71 Å². The SMILES string of the molecule is COc1ccc(C)cc1[C@@]1(C(=O)NS(=O)(=O)c2cccc3nc(C)ccc23)CCCO1. The summed E-state index contributed by atoms with van der Waals surface area (Å²) < 4.78 is 40.1. The van der Waals surface area contributed by atoms with Crippen molar-refractivity contribution in [1.29, 1.82) is 0 Å². The first-order chi connectivity index (χ1) is 14.8. The van der Waals surface area contributed by atoms with E-state index < -0.39 is 21.5 Å². The van der Waals surface area contributed by atoms with Gasteiger partial charge in [-0.25, -0.2) is 13.1 Å². The fraction of sp³-hybridized carbons (Fsp3) is 0.304. The van der Waals surface area contributed by atoms with E-state index in [1.54, 1.807) is 36.4 Å². The van der Waals surface area contributed by atoms with Crippen molar-refractivity contribution in [2.45, 2.75) is 37.2 Å². The molecule has 1 aromatic heterocycles. The van der Waals surface area contributed by atoms with Crippen LogP contribution in [0.25, 0.3) is 10.9 Å². The lowest BCUT2D eigenvalue weighted by Crippen LogP contribution is -2.46. The lowest BCUT2D eigenvalue weighted by Gasteiger charge is -2.29. The number of sulfonamides is 1. The number of pyridine rings is 1. The molecule has 1 saturated heterocycles. The monoisotopic (exact) mass is 440 g/mol. The smallest absolute Gasteiger partial charge is 0.270 e. The fourth-order valence-electron chi connectivity index (χ4n) is 4.01. The summed E-state index contributed by atoms with van der Waals surface area (Å²) in [5.74, 6) is -0.254. The van der Waals surface area contributed by atoms with Crippen LogP contribution in [0.2, 0.25) is 0 Å². The molecule has 1 fully saturated rings. The molecule has 0 unspecified atom stereocenters. The summed E-state index contributed by atoms with van der Waals surface area (Å²) in [4.78, 5) is 17.8. The third-order valence-corrected chi connectivity index (χ3v) is 6.92. The Hall–Kier alpha value is -2.97. The number of ether oxygens (including phenoxy) is 2. The Labute approximate surface area is 181 Å². The van der Waals surface area contributed by atoms with Crippen molar-refractivity contribution in [3.63, 3.8) is 0 Å². The van der Waals surface area contributed by atoms with Crippen LogP contribution in [0.4, 0.5) is 0 Å². The summed E-state index contributed by atoms with van der Waals surface area (Å²) in [6, 6.07) is 13.7. The highest BCUT2D eigenvalue weighted by molar-refractivity contribution is 7.90. The number of rotatable bonds is 5. The number of hydrogen-bond acceptors (Lipinski definition) is 6. The van der Waals surface area contributed by atoms with Gasteiger partial charge in [-0.15, -0.1) is 0 Å². The molecule has 3 aromatic rings. The van der Waals surface area contributed by atoms with Crippen LogP contribution in [0.15, 0.2) is 53.4 Å². The third kappa shape index (κ3) is 3.77. The second kappa shape index (κ2) is 7.94. The second-order valence-corrected chi connectivity index (χ2v) is 9.34. The van der Waals surface area contributed by atoms with Crippen LogP contribution in [0.3, 0.4) is 0 Å². The molecule has 0 bridgehead atoms. The highest BCUT2D eigenvalue weighted by atomic mass is 32.2. The van der Waals surface area contributed by atoms with Gasteiger partial charge >= 0.3 is 0 Å². The highest BCUT2D eigenvalue weighted by Crippen LogP contribution is 2.42. The van der Waals surface area contributed by atoms with Crippen molar-refractivity contribution < 1.29 is 22.7 Å². The molecule has 1 aliphatic rings. The number of methoxy groups -OCH3 is 1. The van der Waals surface area contributed by atoms with Gasteiger partial charge in [0.15, 0.2) is 5.60 Å². The van der Waals surface area contributed by atoms with Gasteiger partial charge in [0.2, 0.25) is 0 Å². The molecule has 0 aliphatic carbocycles. The van der Waals surface area contributed by atoms with Gasteiger partial charge in [0.25, 0.3) is 15.9 Å². The molecule has 1 N–H and O–H groups in total. The van der Waals surface area contributed by atoms with Gasteiger partial charge in [-0.05, 0) is 63.1 Å². The number of hydrogen-bond donors (Lipinski definition) is 1. The van der Waals surface area contributed by atoms with Crippen molar-refractivity contribution in [3.05, 3.63) is 65.4 Å². The Morgan fingerprint density at radius 2 is 1.97 bits per heavy atom. The van der Waals surface area contributed by atoms with Gasteiger partial charge in [0, 0.05) is 23.3 Å². The van der Waals surface area contributed by atoms with E-state index >= 15 is 0 Å². The molecular weight excluding hydrogens is 416 g/mol. The number of nitrogens with zero attached hydrogens (tertiary/aromatic N) is 1. The normalized spacial score (nSPS) is 18.8. The zero-order chi connectivity index (χ0) is 22.2. The van der Waals surface area contributed by atoms with Crippen molar-refractivity contribution in [2.75, 3.05) is 13.7 Å². The predicted molar refractivity (Wildman–Crippen MR) is 116 cm³/mol. The third-order valence-electron chi connectivity index (χ3n) is 5.53. The molecule has 7 nitrogen and oxygen atoms in total. The lowest BCUT2D eigenvalue weighted by atomic mass is 9.88. The maximum atomic E-state index is 13.4. The molecule has 0 spiro atoms. The minimum absolute atomic E-state index is 0.00444. The number of aromatic nitrogens is 1. The Kier molecular flexibility index (Phi) is 5.45. The molecule has 1 atom stereocenters. The van der Waals surface area contributed by atoms with Gasteiger partial charge in [-0.1, -0.05) is 17.7 Å².